The van der Waals surface area contributed by atoms with Crippen LogP contribution in [0.5, 0.6) is 5.75 Å². The molecule has 0 radical (unpaired) electrons. The third-order valence-electron chi connectivity index (χ3n) is 3.09. The minimum absolute atomic E-state index is 0.675. The Labute approximate surface area is 85.1 Å². The van der Waals surface area contributed by atoms with E-state index in [1.54, 1.807) is 7.11 Å². The van der Waals surface area contributed by atoms with Crippen molar-refractivity contribution < 1.29 is 4.74 Å². The van der Waals surface area contributed by atoms with Crippen molar-refractivity contribution in [1.82, 2.24) is 0 Å². The third-order valence-corrected chi connectivity index (χ3v) is 3.09. The van der Waals surface area contributed by atoms with E-state index in [9.17, 15) is 0 Å². The van der Waals surface area contributed by atoms with E-state index in [1.807, 2.05) is 0 Å². The van der Waals surface area contributed by atoms with Crippen molar-refractivity contribution >= 4 is 0 Å². The number of hydrogen-bond donors (Lipinski definition) is 1. The van der Waals surface area contributed by atoms with E-state index < -0.39 is 0 Å². The van der Waals surface area contributed by atoms with Crippen molar-refractivity contribution in [3.05, 3.63) is 29.3 Å². The van der Waals surface area contributed by atoms with E-state index in [0.717, 1.165) is 12.3 Å². The number of methoxy groups -OCH3 is 1. The van der Waals surface area contributed by atoms with E-state index in [4.69, 9.17) is 10.5 Å². The van der Waals surface area contributed by atoms with E-state index >= 15 is 0 Å². The smallest absolute Gasteiger partial charge is 0.122 e. The van der Waals surface area contributed by atoms with Gasteiger partial charge in [0.15, 0.2) is 0 Å². The number of ether oxygens (including phenoxy) is 1. The SMILES string of the molecule is COc1cc(C2CC2CN)ccc1C. The molecule has 76 valence electrons. The Morgan fingerprint density at radius 1 is 1.50 bits per heavy atom. The molecular formula is C12H17NO. The Hall–Kier alpha value is -1.02. The topological polar surface area (TPSA) is 35.2 Å². The van der Waals surface area contributed by atoms with Gasteiger partial charge in [0.05, 0.1) is 7.11 Å². The molecule has 0 saturated heterocycles. The molecular weight excluding hydrogens is 174 g/mol. The van der Waals surface area contributed by atoms with Gasteiger partial charge < -0.3 is 10.5 Å². The molecule has 0 spiro atoms. The highest BCUT2D eigenvalue weighted by Gasteiger charge is 2.36. The van der Waals surface area contributed by atoms with Gasteiger partial charge in [-0.15, -0.1) is 0 Å². The molecule has 0 heterocycles. The maximum Gasteiger partial charge on any atom is 0.122 e. The minimum Gasteiger partial charge on any atom is -0.496 e. The first-order valence-corrected chi connectivity index (χ1v) is 5.11. The summed E-state index contributed by atoms with van der Waals surface area (Å²) in [7, 11) is 1.72. The largest absolute Gasteiger partial charge is 0.496 e. The summed E-state index contributed by atoms with van der Waals surface area (Å²) in [5.74, 6) is 2.36. The zero-order valence-corrected chi connectivity index (χ0v) is 8.79. The average molecular weight is 191 g/mol. The van der Waals surface area contributed by atoms with Crippen LogP contribution in [0.4, 0.5) is 0 Å². The predicted octanol–water partition coefficient (Wildman–Crippen LogP) is 2.07. The van der Waals surface area contributed by atoms with Crippen LogP contribution in [0.1, 0.15) is 23.5 Å². The zero-order valence-electron chi connectivity index (χ0n) is 8.79. The van der Waals surface area contributed by atoms with Crippen molar-refractivity contribution in [1.29, 1.82) is 0 Å². The van der Waals surface area contributed by atoms with Crippen LogP contribution in [0.15, 0.2) is 18.2 Å². The molecule has 1 aromatic carbocycles. The molecule has 2 heteroatoms. The summed E-state index contributed by atoms with van der Waals surface area (Å²) in [6.45, 7) is 2.87. The van der Waals surface area contributed by atoms with Crippen LogP contribution in [0.25, 0.3) is 0 Å². The van der Waals surface area contributed by atoms with E-state index in [2.05, 4.69) is 25.1 Å². The maximum atomic E-state index is 5.63. The summed E-state index contributed by atoms with van der Waals surface area (Å²) in [4.78, 5) is 0. The minimum atomic E-state index is 0.675. The fourth-order valence-electron chi connectivity index (χ4n) is 1.98. The van der Waals surface area contributed by atoms with E-state index in [-0.39, 0.29) is 0 Å². The number of rotatable bonds is 3. The molecule has 2 nitrogen and oxygen atoms in total. The zero-order chi connectivity index (χ0) is 10.1. The number of hydrogen-bond acceptors (Lipinski definition) is 2. The molecule has 2 rings (SSSR count). The summed E-state index contributed by atoms with van der Waals surface area (Å²) < 4.78 is 5.30. The second-order valence-corrected chi connectivity index (χ2v) is 4.07. The molecule has 0 bridgehead atoms. The summed E-state index contributed by atoms with van der Waals surface area (Å²) in [6, 6.07) is 6.47. The third kappa shape index (κ3) is 1.62. The molecule has 1 aromatic rings. The first kappa shape index (κ1) is 9.53. The second-order valence-electron chi connectivity index (χ2n) is 4.07. The lowest BCUT2D eigenvalue weighted by Crippen LogP contribution is -2.02. The number of benzene rings is 1. The van der Waals surface area contributed by atoms with Gasteiger partial charge >= 0.3 is 0 Å². The first-order chi connectivity index (χ1) is 6.76. The molecule has 14 heavy (non-hydrogen) atoms. The van der Waals surface area contributed by atoms with Crippen molar-refractivity contribution in [2.24, 2.45) is 11.7 Å². The lowest BCUT2D eigenvalue weighted by Gasteiger charge is -2.07. The van der Waals surface area contributed by atoms with Crippen LogP contribution in [0.2, 0.25) is 0 Å². The van der Waals surface area contributed by atoms with Crippen molar-refractivity contribution in [3.8, 4) is 5.75 Å². The van der Waals surface area contributed by atoms with Gasteiger partial charge in [-0.25, -0.2) is 0 Å². The van der Waals surface area contributed by atoms with Gasteiger partial charge in [-0.2, -0.15) is 0 Å². The lowest BCUT2D eigenvalue weighted by atomic mass is 10.1. The molecule has 1 aliphatic rings. The molecule has 0 aromatic heterocycles. The first-order valence-electron chi connectivity index (χ1n) is 5.11. The molecule has 1 saturated carbocycles. The van der Waals surface area contributed by atoms with Crippen LogP contribution >= 0.6 is 0 Å². The standard InChI is InChI=1S/C12H17NO/c1-8-3-4-9(6-12(8)14-2)11-5-10(11)7-13/h3-4,6,10-11H,5,7,13H2,1-2H3. The monoisotopic (exact) mass is 191 g/mol. The normalized spacial score (nSPS) is 24.8. The van der Waals surface area contributed by atoms with Crippen molar-refractivity contribution in [2.75, 3.05) is 13.7 Å². The summed E-state index contributed by atoms with van der Waals surface area (Å²) in [6.07, 6.45) is 1.24. The number of aryl methyl sites for hydroxylation is 1. The quantitative estimate of drug-likeness (QED) is 0.793. The highest BCUT2D eigenvalue weighted by Crippen LogP contribution is 2.47. The lowest BCUT2D eigenvalue weighted by molar-refractivity contribution is 0.411. The summed E-state index contributed by atoms with van der Waals surface area (Å²) >= 11 is 0. The molecule has 2 N–H and O–H groups in total. The van der Waals surface area contributed by atoms with Crippen LogP contribution in [0, 0.1) is 12.8 Å². The second kappa shape index (κ2) is 3.62. The van der Waals surface area contributed by atoms with Gasteiger partial charge in [-0.1, -0.05) is 12.1 Å². The van der Waals surface area contributed by atoms with E-state index in [1.165, 1.54) is 17.5 Å². The van der Waals surface area contributed by atoms with Crippen molar-refractivity contribution in [3.63, 3.8) is 0 Å². The van der Waals surface area contributed by atoms with Gasteiger partial charge in [0.1, 0.15) is 5.75 Å². The molecule has 0 aliphatic heterocycles. The summed E-state index contributed by atoms with van der Waals surface area (Å²) in [5, 5.41) is 0. The van der Waals surface area contributed by atoms with Crippen LogP contribution in [-0.2, 0) is 0 Å². The Morgan fingerprint density at radius 3 is 2.86 bits per heavy atom. The predicted molar refractivity (Wildman–Crippen MR) is 57.6 cm³/mol. The Morgan fingerprint density at radius 2 is 2.29 bits per heavy atom. The fourth-order valence-corrected chi connectivity index (χ4v) is 1.98. The Bertz CT molecular complexity index is 335. The molecule has 2 unspecified atom stereocenters. The number of nitrogens with two attached hydrogens (primary N) is 1. The van der Waals surface area contributed by atoms with Gasteiger partial charge in [0, 0.05) is 0 Å². The van der Waals surface area contributed by atoms with Crippen molar-refractivity contribution in [2.45, 2.75) is 19.3 Å². The van der Waals surface area contributed by atoms with Crippen LogP contribution < -0.4 is 10.5 Å². The highest BCUT2D eigenvalue weighted by molar-refractivity contribution is 5.39. The van der Waals surface area contributed by atoms with E-state index in [0.29, 0.717) is 11.8 Å². The maximum absolute atomic E-state index is 5.63. The molecule has 2 atom stereocenters. The highest BCUT2D eigenvalue weighted by atomic mass is 16.5. The van der Waals surface area contributed by atoms with Gasteiger partial charge in [-0.05, 0) is 48.9 Å². The van der Waals surface area contributed by atoms with Crippen LogP contribution in [0.3, 0.4) is 0 Å². The van der Waals surface area contributed by atoms with Crippen LogP contribution in [-0.4, -0.2) is 13.7 Å². The molecule has 1 fully saturated rings. The fraction of sp³-hybridized carbons (Fsp3) is 0.500. The Kier molecular flexibility index (Phi) is 2.46. The van der Waals surface area contributed by atoms with Gasteiger partial charge in [0.25, 0.3) is 0 Å². The molecule has 0 amide bonds. The average Bonchev–Trinajstić information content (AvgIpc) is 2.98. The Balaban J connectivity index is 2.20. The summed E-state index contributed by atoms with van der Waals surface area (Å²) in [5.41, 5.74) is 8.20. The van der Waals surface area contributed by atoms with Gasteiger partial charge in [-0.3, -0.25) is 0 Å². The van der Waals surface area contributed by atoms with Gasteiger partial charge in [0.2, 0.25) is 0 Å². The molecule has 1 aliphatic carbocycles.